The van der Waals surface area contributed by atoms with Crippen molar-refractivity contribution in [2.45, 2.75) is 12.2 Å². The zero-order valence-corrected chi connectivity index (χ0v) is 11.5. The zero-order chi connectivity index (χ0) is 12.3. The van der Waals surface area contributed by atoms with Gasteiger partial charge < -0.3 is 5.32 Å². The molecule has 1 atom stereocenters. The van der Waals surface area contributed by atoms with Gasteiger partial charge in [0.2, 0.25) is 5.91 Å². The first-order chi connectivity index (χ1) is 8.15. The number of halogens is 1. The van der Waals surface area contributed by atoms with Gasteiger partial charge in [0.25, 0.3) is 0 Å². The number of hydrogen-bond donors (Lipinski definition) is 1. The molecule has 1 aliphatic heterocycles. The molecule has 1 N–H and O–H groups in total. The first kappa shape index (κ1) is 12.3. The van der Waals surface area contributed by atoms with Crippen molar-refractivity contribution >= 4 is 45.0 Å². The SMILES string of the molecule is C[C@@H]1S/C(=N\N=C\c2cccc(Br)c2)NC1=O. The van der Waals surface area contributed by atoms with Gasteiger partial charge in [-0.3, -0.25) is 4.79 Å². The van der Waals surface area contributed by atoms with E-state index in [1.165, 1.54) is 11.8 Å². The van der Waals surface area contributed by atoms with E-state index in [4.69, 9.17) is 0 Å². The predicted octanol–water partition coefficient (Wildman–Crippen LogP) is 2.39. The molecule has 0 aromatic heterocycles. The Kier molecular flexibility index (Phi) is 3.96. The molecular weight excluding hydrogens is 302 g/mol. The maximum absolute atomic E-state index is 11.2. The predicted molar refractivity (Wildman–Crippen MR) is 74.4 cm³/mol. The second kappa shape index (κ2) is 5.46. The highest BCUT2D eigenvalue weighted by Gasteiger charge is 2.25. The number of carbonyl (C=O) groups excluding carboxylic acids is 1. The molecule has 1 amide bonds. The molecule has 1 saturated heterocycles. The first-order valence-electron chi connectivity index (χ1n) is 4.99. The van der Waals surface area contributed by atoms with Crippen LogP contribution >= 0.6 is 27.7 Å². The van der Waals surface area contributed by atoms with Gasteiger partial charge in [-0.1, -0.05) is 39.8 Å². The molecule has 17 heavy (non-hydrogen) atoms. The summed E-state index contributed by atoms with van der Waals surface area (Å²) in [6.45, 7) is 1.83. The highest BCUT2D eigenvalue weighted by atomic mass is 79.9. The average Bonchev–Trinajstić information content (AvgIpc) is 2.58. The highest BCUT2D eigenvalue weighted by Crippen LogP contribution is 2.18. The van der Waals surface area contributed by atoms with E-state index in [2.05, 4.69) is 31.4 Å². The van der Waals surface area contributed by atoms with Gasteiger partial charge in [0.15, 0.2) is 5.17 Å². The van der Waals surface area contributed by atoms with Crippen molar-refractivity contribution in [3.63, 3.8) is 0 Å². The van der Waals surface area contributed by atoms with E-state index in [1.54, 1.807) is 6.21 Å². The number of thioether (sulfide) groups is 1. The molecule has 4 nitrogen and oxygen atoms in total. The third-order valence-corrected chi connectivity index (χ3v) is 3.56. The summed E-state index contributed by atoms with van der Waals surface area (Å²) in [5.41, 5.74) is 0.950. The van der Waals surface area contributed by atoms with Gasteiger partial charge in [0, 0.05) is 4.47 Å². The highest BCUT2D eigenvalue weighted by molar-refractivity contribution is 9.10. The second-order valence-corrected chi connectivity index (χ2v) is 5.70. The lowest BCUT2D eigenvalue weighted by molar-refractivity contribution is -0.118. The second-order valence-electron chi connectivity index (χ2n) is 3.45. The van der Waals surface area contributed by atoms with Crippen LogP contribution in [0.5, 0.6) is 0 Å². The summed E-state index contributed by atoms with van der Waals surface area (Å²) in [4.78, 5) is 11.2. The number of carbonyl (C=O) groups is 1. The largest absolute Gasteiger partial charge is 0.303 e. The summed E-state index contributed by atoms with van der Waals surface area (Å²) in [6, 6.07) is 7.73. The normalized spacial score (nSPS) is 22.4. The van der Waals surface area contributed by atoms with Crippen LogP contribution in [-0.4, -0.2) is 22.5 Å². The summed E-state index contributed by atoms with van der Waals surface area (Å²) >= 11 is 4.76. The van der Waals surface area contributed by atoms with Crippen LogP contribution in [0.25, 0.3) is 0 Å². The smallest absolute Gasteiger partial charge is 0.239 e. The Morgan fingerprint density at radius 2 is 2.35 bits per heavy atom. The number of benzene rings is 1. The third-order valence-electron chi connectivity index (χ3n) is 2.09. The third kappa shape index (κ3) is 3.41. The van der Waals surface area contributed by atoms with Crippen LogP contribution < -0.4 is 5.32 Å². The lowest BCUT2D eigenvalue weighted by atomic mass is 10.2. The molecule has 6 heteroatoms. The fraction of sp³-hybridized carbons (Fsp3) is 0.182. The van der Waals surface area contributed by atoms with Crippen LogP contribution in [0, 0.1) is 0 Å². The minimum absolute atomic E-state index is 0.0218. The number of nitrogens with one attached hydrogen (secondary N) is 1. The van der Waals surface area contributed by atoms with Crippen LogP contribution in [0.4, 0.5) is 0 Å². The molecule has 0 aliphatic carbocycles. The Balaban J connectivity index is 2.03. The fourth-order valence-electron chi connectivity index (χ4n) is 1.24. The van der Waals surface area contributed by atoms with Gasteiger partial charge >= 0.3 is 0 Å². The average molecular weight is 312 g/mol. The molecule has 1 aromatic rings. The van der Waals surface area contributed by atoms with Crippen molar-refractivity contribution < 1.29 is 4.79 Å². The zero-order valence-electron chi connectivity index (χ0n) is 9.05. The Morgan fingerprint density at radius 1 is 1.53 bits per heavy atom. The molecule has 88 valence electrons. The van der Waals surface area contributed by atoms with Gasteiger partial charge in [-0.2, -0.15) is 5.10 Å². The molecule has 1 heterocycles. The van der Waals surface area contributed by atoms with Crippen molar-refractivity contribution in [1.82, 2.24) is 5.32 Å². The molecule has 1 aliphatic rings. The Morgan fingerprint density at radius 3 is 3.00 bits per heavy atom. The molecule has 0 radical (unpaired) electrons. The number of rotatable bonds is 2. The van der Waals surface area contributed by atoms with Crippen LogP contribution in [0.2, 0.25) is 0 Å². The first-order valence-corrected chi connectivity index (χ1v) is 6.66. The van der Waals surface area contributed by atoms with Crippen LogP contribution in [-0.2, 0) is 4.79 Å². The summed E-state index contributed by atoms with van der Waals surface area (Å²) < 4.78 is 0.992. The van der Waals surface area contributed by atoms with E-state index in [9.17, 15) is 4.79 Å². The van der Waals surface area contributed by atoms with E-state index in [1.807, 2.05) is 31.2 Å². The number of nitrogens with zero attached hydrogens (tertiary/aromatic N) is 2. The lowest BCUT2D eigenvalue weighted by Gasteiger charge is -1.92. The Labute approximate surface area is 112 Å². The van der Waals surface area contributed by atoms with Gasteiger partial charge in [0.05, 0.1) is 11.5 Å². The molecule has 0 saturated carbocycles. The van der Waals surface area contributed by atoms with E-state index >= 15 is 0 Å². The van der Waals surface area contributed by atoms with Gasteiger partial charge in [-0.05, 0) is 24.6 Å². The fourth-order valence-corrected chi connectivity index (χ4v) is 2.41. The molecule has 1 aromatic carbocycles. The monoisotopic (exact) mass is 311 g/mol. The van der Waals surface area contributed by atoms with Gasteiger partial charge in [-0.25, -0.2) is 0 Å². The topological polar surface area (TPSA) is 53.8 Å². The molecule has 0 unspecified atom stereocenters. The van der Waals surface area contributed by atoms with E-state index in [0.29, 0.717) is 5.17 Å². The van der Waals surface area contributed by atoms with Crippen molar-refractivity contribution in [2.24, 2.45) is 10.2 Å². The molecule has 0 spiro atoms. The summed E-state index contributed by atoms with van der Waals surface area (Å²) in [7, 11) is 0. The number of hydrogen-bond acceptors (Lipinski definition) is 4. The Bertz CT molecular complexity index is 501. The van der Waals surface area contributed by atoms with Crippen molar-refractivity contribution in [3.05, 3.63) is 34.3 Å². The minimum atomic E-state index is -0.0881. The van der Waals surface area contributed by atoms with Crippen LogP contribution in [0.15, 0.2) is 38.9 Å². The van der Waals surface area contributed by atoms with E-state index in [-0.39, 0.29) is 11.2 Å². The van der Waals surface area contributed by atoms with Crippen molar-refractivity contribution in [2.75, 3.05) is 0 Å². The molecular formula is C11H10BrN3OS. The molecule has 1 fully saturated rings. The maximum Gasteiger partial charge on any atom is 0.239 e. The molecule has 2 rings (SSSR count). The Hall–Kier alpha value is -1.14. The van der Waals surface area contributed by atoms with E-state index < -0.39 is 0 Å². The standard InChI is InChI=1S/C11H10BrN3OS/c1-7-10(16)14-11(17-7)15-13-6-8-3-2-4-9(12)5-8/h2-7H,1H3,(H,14,15,16)/b13-6+/t7-/m0/s1. The summed E-state index contributed by atoms with van der Waals surface area (Å²) in [5, 5.41) is 11.0. The maximum atomic E-state index is 11.2. The van der Waals surface area contributed by atoms with Crippen LogP contribution in [0.1, 0.15) is 12.5 Å². The quantitative estimate of drug-likeness (QED) is 0.673. The van der Waals surface area contributed by atoms with Crippen LogP contribution in [0.3, 0.4) is 0 Å². The summed E-state index contributed by atoms with van der Waals surface area (Å²) in [5.74, 6) is -0.0218. The van der Waals surface area contributed by atoms with Crippen molar-refractivity contribution in [1.29, 1.82) is 0 Å². The number of amides is 1. The van der Waals surface area contributed by atoms with E-state index in [0.717, 1.165) is 10.0 Å². The van der Waals surface area contributed by atoms with Gasteiger partial charge in [0.1, 0.15) is 0 Å². The lowest BCUT2D eigenvalue weighted by Crippen LogP contribution is -2.23. The number of amidine groups is 1. The molecule has 0 bridgehead atoms. The summed E-state index contributed by atoms with van der Waals surface area (Å²) in [6.07, 6.45) is 1.65. The minimum Gasteiger partial charge on any atom is -0.303 e. The van der Waals surface area contributed by atoms with Crippen molar-refractivity contribution in [3.8, 4) is 0 Å². The van der Waals surface area contributed by atoms with Gasteiger partial charge in [-0.15, -0.1) is 5.10 Å².